The van der Waals surface area contributed by atoms with Crippen molar-refractivity contribution in [1.82, 2.24) is 4.90 Å². The van der Waals surface area contributed by atoms with Gasteiger partial charge in [-0.05, 0) is 19.8 Å². The minimum Gasteiger partial charge on any atom is -0.463 e. The first-order chi connectivity index (χ1) is 7.19. The third-order valence-corrected chi connectivity index (χ3v) is 2.41. The molecule has 0 aromatic carbocycles. The average Bonchev–Trinajstić information content (AvgIpc) is 3.00. The summed E-state index contributed by atoms with van der Waals surface area (Å²) in [5, 5.41) is 8.88. The van der Waals surface area contributed by atoms with E-state index in [9.17, 15) is 4.79 Å². The fourth-order valence-corrected chi connectivity index (χ4v) is 1.50. The first kappa shape index (κ1) is 12.2. The Morgan fingerprint density at radius 2 is 2.27 bits per heavy atom. The van der Waals surface area contributed by atoms with Crippen LogP contribution in [0.2, 0.25) is 0 Å². The van der Waals surface area contributed by atoms with E-state index < -0.39 is 0 Å². The van der Waals surface area contributed by atoms with Gasteiger partial charge in [-0.15, -0.1) is 0 Å². The Morgan fingerprint density at radius 3 is 2.73 bits per heavy atom. The van der Waals surface area contributed by atoms with Crippen LogP contribution in [-0.2, 0) is 9.53 Å². The van der Waals surface area contributed by atoms with Gasteiger partial charge in [0.2, 0.25) is 0 Å². The lowest BCUT2D eigenvalue weighted by atomic mass is 10.2. The first-order valence-corrected chi connectivity index (χ1v) is 5.38. The summed E-state index contributed by atoms with van der Waals surface area (Å²) in [6, 6.07) is 0.517. The number of hydrogen-bond donors (Lipinski definition) is 1. The highest BCUT2D eigenvalue weighted by atomic mass is 16.5. The zero-order chi connectivity index (χ0) is 11.3. The molecule has 0 heterocycles. The third kappa shape index (κ3) is 4.01. The molecule has 0 radical (unpaired) electrons. The van der Waals surface area contributed by atoms with Gasteiger partial charge in [-0.2, -0.15) is 0 Å². The average molecular weight is 213 g/mol. The number of hydrogen-bond acceptors (Lipinski definition) is 4. The highest BCUT2D eigenvalue weighted by molar-refractivity contribution is 5.88. The van der Waals surface area contributed by atoms with E-state index in [1.54, 1.807) is 6.92 Å². The summed E-state index contributed by atoms with van der Waals surface area (Å²) in [6.45, 7) is 7.08. The molecule has 0 aromatic heterocycles. The van der Waals surface area contributed by atoms with E-state index in [0.717, 1.165) is 12.8 Å². The zero-order valence-electron chi connectivity index (χ0n) is 9.24. The summed E-state index contributed by atoms with van der Waals surface area (Å²) in [6.07, 6.45) is 2.30. The lowest BCUT2D eigenvalue weighted by Crippen LogP contribution is -2.32. The lowest BCUT2D eigenvalue weighted by Gasteiger charge is -2.21. The van der Waals surface area contributed by atoms with Crippen LogP contribution >= 0.6 is 0 Å². The molecule has 4 heteroatoms. The zero-order valence-corrected chi connectivity index (χ0v) is 9.24. The normalized spacial score (nSPS) is 15.4. The van der Waals surface area contributed by atoms with Crippen molar-refractivity contribution in [2.45, 2.75) is 25.8 Å². The van der Waals surface area contributed by atoms with Gasteiger partial charge in [0.05, 0.1) is 13.2 Å². The van der Waals surface area contributed by atoms with Crippen molar-refractivity contribution in [1.29, 1.82) is 0 Å². The second-order valence-corrected chi connectivity index (χ2v) is 3.75. The molecule has 0 spiro atoms. The van der Waals surface area contributed by atoms with Crippen molar-refractivity contribution in [3.63, 3.8) is 0 Å². The number of aliphatic hydroxyl groups excluding tert-OH is 1. The Kier molecular flexibility index (Phi) is 4.78. The number of carbonyl (C=O) groups is 1. The molecule has 0 bridgehead atoms. The fraction of sp³-hybridized carbons (Fsp3) is 0.727. The second-order valence-electron chi connectivity index (χ2n) is 3.75. The van der Waals surface area contributed by atoms with Gasteiger partial charge in [-0.3, -0.25) is 4.90 Å². The maximum absolute atomic E-state index is 11.3. The molecule has 0 saturated heterocycles. The number of carbonyl (C=O) groups excluding carboxylic acids is 1. The van der Waals surface area contributed by atoms with Crippen molar-refractivity contribution >= 4 is 5.97 Å². The van der Waals surface area contributed by atoms with E-state index in [0.29, 0.717) is 31.3 Å². The van der Waals surface area contributed by atoms with E-state index in [1.165, 1.54) is 0 Å². The highest BCUT2D eigenvalue weighted by Crippen LogP contribution is 2.26. The molecule has 1 N–H and O–H groups in total. The summed E-state index contributed by atoms with van der Waals surface area (Å²) in [7, 11) is 0. The van der Waals surface area contributed by atoms with Crippen LogP contribution in [0.1, 0.15) is 19.8 Å². The molecule has 1 aliphatic carbocycles. The van der Waals surface area contributed by atoms with E-state index in [-0.39, 0.29) is 12.6 Å². The van der Waals surface area contributed by atoms with Crippen LogP contribution in [0, 0.1) is 0 Å². The summed E-state index contributed by atoms with van der Waals surface area (Å²) in [4.78, 5) is 13.4. The maximum atomic E-state index is 11.3. The quantitative estimate of drug-likeness (QED) is 0.496. The minimum absolute atomic E-state index is 0.118. The van der Waals surface area contributed by atoms with Gasteiger partial charge >= 0.3 is 5.97 Å². The van der Waals surface area contributed by atoms with Crippen LogP contribution in [0.5, 0.6) is 0 Å². The predicted molar refractivity (Wildman–Crippen MR) is 57.5 cm³/mol. The summed E-state index contributed by atoms with van der Waals surface area (Å²) in [5.74, 6) is -0.332. The summed E-state index contributed by atoms with van der Waals surface area (Å²) in [5.41, 5.74) is 0.470. The molecule has 0 atom stereocenters. The van der Waals surface area contributed by atoms with Gasteiger partial charge < -0.3 is 9.84 Å². The Hall–Kier alpha value is -0.870. The van der Waals surface area contributed by atoms with Crippen LogP contribution in [0.4, 0.5) is 0 Å². The van der Waals surface area contributed by atoms with Crippen molar-refractivity contribution in [2.24, 2.45) is 0 Å². The molecule has 1 fully saturated rings. The number of esters is 1. The molecule has 0 aromatic rings. The summed E-state index contributed by atoms with van der Waals surface area (Å²) < 4.78 is 4.86. The Balaban J connectivity index is 2.36. The molecular formula is C11H19NO3. The van der Waals surface area contributed by atoms with Crippen molar-refractivity contribution in [2.75, 3.05) is 26.3 Å². The van der Waals surface area contributed by atoms with E-state index >= 15 is 0 Å². The third-order valence-electron chi connectivity index (χ3n) is 2.41. The predicted octanol–water partition coefficient (Wildman–Crippen LogP) is 0.562. The van der Waals surface area contributed by atoms with E-state index in [2.05, 4.69) is 11.5 Å². The SMILES string of the molecule is C=C(CN(CCO)C1CC1)C(=O)OCC. The number of aliphatic hydroxyl groups is 1. The largest absolute Gasteiger partial charge is 0.463 e. The van der Waals surface area contributed by atoms with Gasteiger partial charge in [-0.1, -0.05) is 6.58 Å². The number of rotatable bonds is 7. The highest BCUT2D eigenvalue weighted by Gasteiger charge is 2.29. The van der Waals surface area contributed by atoms with Crippen molar-refractivity contribution < 1.29 is 14.6 Å². The molecule has 1 saturated carbocycles. The van der Waals surface area contributed by atoms with Gasteiger partial charge in [0.1, 0.15) is 0 Å². The molecule has 1 rings (SSSR count). The van der Waals surface area contributed by atoms with Crippen LogP contribution in [0.25, 0.3) is 0 Å². The van der Waals surface area contributed by atoms with Crippen LogP contribution < -0.4 is 0 Å². The standard InChI is InChI=1S/C11H19NO3/c1-3-15-11(14)9(2)8-12(6-7-13)10-4-5-10/h10,13H,2-8H2,1H3. The first-order valence-electron chi connectivity index (χ1n) is 5.38. The van der Waals surface area contributed by atoms with Crippen molar-refractivity contribution in [3.8, 4) is 0 Å². The Labute approximate surface area is 90.5 Å². The lowest BCUT2D eigenvalue weighted by molar-refractivity contribution is -0.138. The van der Waals surface area contributed by atoms with Crippen LogP contribution in [-0.4, -0.2) is 48.3 Å². The Morgan fingerprint density at radius 1 is 1.60 bits per heavy atom. The molecule has 15 heavy (non-hydrogen) atoms. The molecule has 4 nitrogen and oxygen atoms in total. The Bertz CT molecular complexity index is 236. The smallest absolute Gasteiger partial charge is 0.334 e. The van der Waals surface area contributed by atoms with Gasteiger partial charge in [0.25, 0.3) is 0 Å². The van der Waals surface area contributed by atoms with Crippen LogP contribution in [0.3, 0.4) is 0 Å². The number of nitrogens with zero attached hydrogens (tertiary/aromatic N) is 1. The monoisotopic (exact) mass is 213 g/mol. The van der Waals surface area contributed by atoms with E-state index in [1.807, 2.05) is 0 Å². The van der Waals surface area contributed by atoms with Crippen molar-refractivity contribution in [3.05, 3.63) is 12.2 Å². The summed E-state index contributed by atoms with van der Waals surface area (Å²) >= 11 is 0. The molecule has 1 aliphatic rings. The molecule has 0 aliphatic heterocycles. The second kappa shape index (κ2) is 5.88. The van der Waals surface area contributed by atoms with Gasteiger partial charge in [0.15, 0.2) is 0 Å². The fourth-order valence-electron chi connectivity index (χ4n) is 1.50. The minimum atomic E-state index is -0.332. The molecule has 0 unspecified atom stereocenters. The van der Waals surface area contributed by atoms with Gasteiger partial charge in [0, 0.05) is 24.7 Å². The van der Waals surface area contributed by atoms with Crippen LogP contribution in [0.15, 0.2) is 12.2 Å². The van der Waals surface area contributed by atoms with Gasteiger partial charge in [-0.25, -0.2) is 4.79 Å². The molecule has 0 amide bonds. The van der Waals surface area contributed by atoms with E-state index in [4.69, 9.17) is 9.84 Å². The molecule has 86 valence electrons. The molecular weight excluding hydrogens is 194 g/mol. The topological polar surface area (TPSA) is 49.8 Å². The maximum Gasteiger partial charge on any atom is 0.334 e. The number of ether oxygens (including phenoxy) is 1.